The summed E-state index contributed by atoms with van der Waals surface area (Å²) >= 11 is 3.40. The first-order valence-electron chi connectivity index (χ1n) is 8.41. The van der Waals surface area contributed by atoms with Gasteiger partial charge in [-0.05, 0) is 40.5 Å². The van der Waals surface area contributed by atoms with E-state index in [-0.39, 0.29) is 18.6 Å². The predicted octanol–water partition coefficient (Wildman–Crippen LogP) is 2.81. The summed E-state index contributed by atoms with van der Waals surface area (Å²) in [5, 5.41) is 3.35. The number of likely N-dealkylation sites (tertiary alicyclic amines) is 1. The van der Waals surface area contributed by atoms with E-state index in [1.54, 1.807) is 6.20 Å². The van der Waals surface area contributed by atoms with Crippen LogP contribution in [-0.4, -0.2) is 51.5 Å². The van der Waals surface area contributed by atoms with E-state index in [2.05, 4.69) is 36.2 Å². The third-order valence-electron chi connectivity index (χ3n) is 4.29. The van der Waals surface area contributed by atoms with E-state index in [0.717, 1.165) is 16.4 Å². The molecule has 0 bridgehead atoms. The van der Waals surface area contributed by atoms with E-state index in [9.17, 15) is 4.79 Å². The topological polar surface area (TPSA) is 83.1 Å². The number of nitrogens with zero attached hydrogens (tertiary/aromatic N) is 3. The number of H-pyrrole nitrogens is 1. The molecule has 1 aromatic carbocycles. The molecule has 1 unspecified atom stereocenters. The zero-order valence-corrected chi connectivity index (χ0v) is 15.6. The van der Waals surface area contributed by atoms with Crippen molar-refractivity contribution in [2.45, 2.75) is 12.5 Å². The van der Waals surface area contributed by atoms with Gasteiger partial charge in [-0.2, -0.15) is 4.98 Å². The lowest BCUT2D eigenvalue weighted by atomic mass is 10.3. The molecule has 0 saturated carbocycles. The van der Waals surface area contributed by atoms with Crippen LogP contribution in [0, 0.1) is 0 Å². The first-order chi connectivity index (χ1) is 12.7. The van der Waals surface area contributed by atoms with Crippen molar-refractivity contribution in [3.8, 4) is 5.75 Å². The van der Waals surface area contributed by atoms with Gasteiger partial charge in [0, 0.05) is 29.8 Å². The second-order valence-electron chi connectivity index (χ2n) is 6.18. The third kappa shape index (κ3) is 3.80. The van der Waals surface area contributed by atoms with Gasteiger partial charge in [0.25, 0.3) is 5.91 Å². The Balaban J connectivity index is 1.32. The Morgan fingerprint density at radius 3 is 3.08 bits per heavy atom. The molecule has 2 aromatic heterocycles. The molecule has 134 valence electrons. The minimum absolute atomic E-state index is 0.00615. The Bertz CT molecular complexity index is 914. The van der Waals surface area contributed by atoms with E-state index in [1.165, 1.54) is 0 Å². The highest BCUT2D eigenvalue weighted by molar-refractivity contribution is 9.10. The molecule has 1 saturated heterocycles. The van der Waals surface area contributed by atoms with Crippen LogP contribution in [0.4, 0.5) is 5.95 Å². The fourth-order valence-corrected chi connectivity index (χ4v) is 3.33. The highest BCUT2D eigenvalue weighted by Crippen LogP contribution is 2.19. The van der Waals surface area contributed by atoms with Gasteiger partial charge < -0.3 is 19.9 Å². The van der Waals surface area contributed by atoms with Crippen LogP contribution in [0.2, 0.25) is 0 Å². The number of rotatable bonds is 5. The van der Waals surface area contributed by atoms with E-state index in [4.69, 9.17) is 4.74 Å². The number of carbonyl (C=O) groups excluding carboxylic acids is 1. The van der Waals surface area contributed by atoms with Crippen molar-refractivity contribution < 1.29 is 9.53 Å². The Labute approximate surface area is 158 Å². The van der Waals surface area contributed by atoms with Gasteiger partial charge in [-0.25, -0.2) is 4.98 Å². The number of amides is 1. The van der Waals surface area contributed by atoms with Crippen molar-refractivity contribution >= 4 is 38.9 Å². The SMILES string of the molecule is O=C(COc1ccccc1)N1CCC(Nc2nc3ncc(Br)cc3[nH]2)C1. The number of carbonyl (C=O) groups is 1. The number of hydrogen-bond donors (Lipinski definition) is 2. The Morgan fingerprint density at radius 2 is 2.23 bits per heavy atom. The maximum atomic E-state index is 12.3. The van der Waals surface area contributed by atoms with Gasteiger partial charge in [-0.15, -0.1) is 0 Å². The number of benzene rings is 1. The molecule has 7 nitrogen and oxygen atoms in total. The zero-order valence-electron chi connectivity index (χ0n) is 14.0. The average Bonchev–Trinajstić information content (AvgIpc) is 3.27. The van der Waals surface area contributed by atoms with Crippen LogP contribution in [0.3, 0.4) is 0 Å². The molecule has 0 aliphatic carbocycles. The lowest BCUT2D eigenvalue weighted by Crippen LogP contribution is -2.35. The Morgan fingerprint density at radius 1 is 1.38 bits per heavy atom. The summed E-state index contributed by atoms with van der Waals surface area (Å²) in [6, 6.07) is 11.5. The monoisotopic (exact) mass is 415 g/mol. The van der Waals surface area contributed by atoms with Gasteiger partial charge in [0.15, 0.2) is 12.3 Å². The van der Waals surface area contributed by atoms with Crippen LogP contribution in [0.5, 0.6) is 5.75 Å². The summed E-state index contributed by atoms with van der Waals surface area (Å²) in [7, 11) is 0. The zero-order chi connectivity index (χ0) is 17.9. The van der Waals surface area contributed by atoms with Crippen LogP contribution >= 0.6 is 15.9 Å². The molecule has 1 amide bonds. The number of ether oxygens (including phenoxy) is 1. The van der Waals surface area contributed by atoms with E-state index in [0.29, 0.717) is 30.4 Å². The van der Waals surface area contributed by atoms with Crippen molar-refractivity contribution in [3.05, 3.63) is 47.1 Å². The number of aromatic amines is 1. The number of imidazole rings is 1. The molecular formula is C18H18BrN5O2. The minimum atomic E-state index is -0.00615. The summed E-state index contributed by atoms with van der Waals surface area (Å²) in [6.45, 7) is 1.39. The Hall–Kier alpha value is -2.61. The number of pyridine rings is 1. The largest absolute Gasteiger partial charge is 0.484 e. The molecule has 1 aliphatic heterocycles. The molecule has 8 heteroatoms. The number of halogens is 1. The molecule has 0 spiro atoms. The van der Waals surface area contributed by atoms with Gasteiger partial charge >= 0.3 is 0 Å². The first-order valence-corrected chi connectivity index (χ1v) is 9.20. The molecule has 1 aliphatic rings. The maximum absolute atomic E-state index is 12.3. The van der Waals surface area contributed by atoms with Crippen molar-refractivity contribution in [1.82, 2.24) is 19.9 Å². The third-order valence-corrected chi connectivity index (χ3v) is 4.73. The first kappa shape index (κ1) is 16.8. The fraction of sp³-hybridized carbons (Fsp3) is 0.278. The normalized spacial score (nSPS) is 16.8. The molecule has 4 rings (SSSR count). The molecule has 1 atom stereocenters. The summed E-state index contributed by atoms with van der Waals surface area (Å²) in [5.74, 6) is 1.37. The highest BCUT2D eigenvalue weighted by Gasteiger charge is 2.27. The second-order valence-corrected chi connectivity index (χ2v) is 7.10. The van der Waals surface area contributed by atoms with Gasteiger partial charge in [-0.1, -0.05) is 18.2 Å². The van der Waals surface area contributed by atoms with E-state index in [1.807, 2.05) is 41.3 Å². The number of para-hydroxylation sites is 1. The molecule has 3 aromatic rings. The van der Waals surface area contributed by atoms with Crippen LogP contribution < -0.4 is 10.1 Å². The number of hydrogen-bond acceptors (Lipinski definition) is 5. The smallest absolute Gasteiger partial charge is 0.260 e. The molecule has 2 N–H and O–H groups in total. The van der Waals surface area contributed by atoms with Crippen LogP contribution in [-0.2, 0) is 4.79 Å². The molecular weight excluding hydrogens is 398 g/mol. The van der Waals surface area contributed by atoms with Crippen molar-refractivity contribution in [2.75, 3.05) is 25.0 Å². The van der Waals surface area contributed by atoms with Gasteiger partial charge in [0.1, 0.15) is 5.75 Å². The van der Waals surface area contributed by atoms with Crippen LogP contribution in [0.25, 0.3) is 11.2 Å². The van der Waals surface area contributed by atoms with Crippen molar-refractivity contribution in [2.24, 2.45) is 0 Å². The van der Waals surface area contributed by atoms with Gasteiger partial charge in [0.2, 0.25) is 5.95 Å². The van der Waals surface area contributed by atoms with Crippen LogP contribution in [0.1, 0.15) is 6.42 Å². The average molecular weight is 416 g/mol. The summed E-state index contributed by atoms with van der Waals surface area (Å²) < 4.78 is 6.44. The predicted molar refractivity (Wildman–Crippen MR) is 102 cm³/mol. The summed E-state index contributed by atoms with van der Waals surface area (Å²) in [5.41, 5.74) is 1.53. The molecule has 0 radical (unpaired) electrons. The van der Waals surface area contributed by atoms with E-state index < -0.39 is 0 Å². The fourth-order valence-electron chi connectivity index (χ4n) is 2.99. The molecule has 26 heavy (non-hydrogen) atoms. The summed E-state index contributed by atoms with van der Waals surface area (Å²) in [6.07, 6.45) is 2.58. The molecule has 3 heterocycles. The second kappa shape index (κ2) is 7.33. The number of anilines is 1. The number of aromatic nitrogens is 3. The lowest BCUT2D eigenvalue weighted by Gasteiger charge is -2.17. The van der Waals surface area contributed by atoms with Gasteiger partial charge in [0.05, 0.1) is 5.52 Å². The summed E-state index contributed by atoms with van der Waals surface area (Å²) in [4.78, 5) is 26.1. The maximum Gasteiger partial charge on any atom is 0.260 e. The standard InChI is InChI=1S/C18H18BrN5O2/c19-12-8-15-17(20-9-12)23-18(22-15)21-13-6-7-24(10-13)16(25)11-26-14-4-2-1-3-5-14/h1-5,8-9,13H,6-7,10-11H2,(H2,20,21,22,23). The highest BCUT2D eigenvalue weighted by atomic mass is 79.9. The lowest BCUT2D eigenvalue weighted by molar-refractivity contribution is -0.132. The minimum Gasteiger partial charge on any atom is -0.484 e. The van der Waals surface area contributed by atoms with Crippen LogP contribution in [0.15, 0.2) is 47.1 Å². The number of nitrogens with one attached hydrogen (secondary N) is 2. The quantitative estimate of drug-likeness (QED) is 0.669. The van der Waals surface area contributed by atoms with Gasteiger partial charge in [-0.3, -0.25) is 4.79 Å². The number of fused-ring (bicyclic) bond motifs is 1. The Kier molecular flexibility index (Phi) is 4.75. The van der Waals surface area contributed by atoms with Crippen molar-refractivity contribution in [1.29, 1.82) is 0 Å². The van der Waals surface area contributed by atoms with E-state index >= 15 is 0 Å². The molecule has 1 fully saturated rings. The van der Waals surface area contributed by atoms with Crippen molar-refractivity contribution in [3.63, 3.8) is 0 Å².